The number of hydrogen-bond acceptors (Lipinski definition) is 1. The lowest BCUT2D eigenvalue weighted by Gasteiger charge is -2.35. The molecule has 3 nitrogen and oxygen atoms in total. The van der Waals surface area contributed by atoms with E-state index in [0.717, 1.165) is 19.6 Å². The van der Waals surface area contributed by atoms with Crippen LogP contribution in [0, 0.1) is 5.92 Å². The lowest BCUT2D eigenvalue weighted by atomic mass is 10.1. The van der Waals surface area contributed by atoms with Crippen LogP contribution < -0.4 is 0 Å². The van der Waals surface area contributed by atoms with Gasteiger partial charge < -0.3 is 9.80 Å². The third-order valence-electron chi connectivity index (χ3n) is 3.61. The summed E-state index contributed by atoms with van der Waals surface area (Å²) in [7, 11) is 0. The summed E-state index contributed by atoms with van der Waals surface area (Å²) in [6, 6.07) is 0.737. The van der Waals surface area contributed by atoms with Crippen LogP contribution in [0.1, 0.15) is 53.4 Å². The number of carbonyl (C=O) groups is 1. The van der Waals surface area contributed by atoms with Gasteiger partial charge in [0, 0.05) is 25.7 Å². The van der Waals surface area contributed by atoms with Gasteiger partial charge in [-0.2, -0.15) is 0 Å². The van der Waals surface area contributed by atoms with E-state index in [2.05, 4.69) is 32.6 Å². The van der Waals surface area contributed by atoms with Gasteiger partial charge in [0.2, 0.25) is 0 Å². The molecule has 100 valence electrons. The van der Waals surface area contributed by atoms with E-state index in [0.29, 0.717) is 12.0 Å². The summed E-state index contributed by atoms with van der Waals surface area (Å²) in [6.07, 6.45) is 4.95. The number of nitrogens with zero attached hydrogens (tertiary/aromatic N) is 2. The average molecular weight is 240 g/mol. The molecule has 0 unspecified atom stereocenters. The van der Waals surface area contributed by atoms with E-state index in [1.54, 1.807) is 0 Å². The summed E-state index contributed by atoms with van der Waals surface area (Å²) in [6.45, 7) is 11.0. The predicted molar refractivity (Wildman–Crippen MR) is 72.1 cm³/mol. The van der Waals surface area contributed by atoms with Crippen molar-refractivity contribution in [1.29, 1.82) is 0 Å². The van der Waals surface area contributed by atoms with E-state index in [-0.39, 0.29) is 6.03 Å². The molecular weight excluding hydrogens is 212 g/mol. The molecule has 0 radical (unpaired) electrons. The van der Waals surface area contributed by atoms with Crippen LogP contribution in [0.15, 0.2) is 0 Å². The van der Waals surface area contributed by atoms with Crippen molar-refractivity contribution in [1.82, 2.24) is 9.80 Å². The van der Waals surface area contributed by atoms with Crippen molar-refractivity contribution < 1.29 is 4.79 Å². The predicted octanol–water partition coefficient (Wildman–Crippen LogP) is 3.35. The van der Waals surface area contributed by atoms with Gasteiger partial charge in [0.25, 0.3) is 0 Å². The molecule has 0 saturated heterocycles. The summed E-state index contributed by atoms with van der Waals surface area (Å²) in [5.41, 5.74) is 0. The molecule has 17 heavy (non-hydrogen) atoms. The Labute approximate surface area is 106 Å². The lowest BCUT2D eigenvalue weighted by Crippen LogP contribution is -2.48. The number of carbonyl (C=O) groups excluding carboxylic acids is 1. The quantitative estimate of drug-likeness (QED) is 0.723. The van der Waals surface area contributed by atoms with Crippen molar-refractivity contribution in [3.8, 4) is 0 Å². The maximum absolute atomic E-state index is 12.5. The van der Waals surface area contributed by atoms with Gasteiger partial charge in [0.05, 0.1) is 0 Å². The Morgan fingerprint density at radius 2 is 1.71 bits per heavy atom. The zero-order chi connectivity index (χ0) is 12.8. The van der Waals surface area contributed by atoms with Gasteiger partial charge in [0.1, 0.15) is 0 Å². The first-order chi connectivity index (χ1) is 8.10. The van der Waals surface area contributed by atoms with Gasteiger partial charge in [-0.15, -0.1) is 0 Å². The Morgan fingerprint density at radius 3 is 2.12 bits per heavy atom. The van der Waals surface area contributed by atoms with Crippen LogP contribution in [0.25, 0.3) is 0 Å². The van der Waals surface area contributed by atoms with Gasteiger partial charge >= 0.3 is 6.03 Å². The molecule has 3 heteroatoms. The zero-order valence-corrected chi connectivity index (χ0v) is 11.9. The summed E-state index contributed by atoms with van der Waals surface area (Å²) in [5.74, 6) is 0.551. The molecule has 0 aliphatic heterocycles. The fourth-order valence-electron chi connectivity index (χ4n) is 2.67. The van der Waals surface area contributed by atoms with E-state index in [1.807, 2.05) is 4.90 Å². The first kappa shape index (κ1) is 14.3. The molecule has 1 rings (SSSR count). The van der Waals surface area contributed by atoms with Gasteiger partial charge in [-0.1, -0.05) is 26.7 Å². The zero-order valence-electron chi connectivity index (χ0n) is 11.9. The molecule has 0 aromatic carbocycles. The Kier molecular flexibility index (Phi) is 5.79. The maximum atomic E-state index is 12.5. The minimum atomic E-state index is 0.246. The van der Waals surface area contributed by atoms with E-state index < -0.39 is 0 Å². The third-order valence-corrected chi connectivity index (χ3v) is 3.61. The SMILES string of the molecule is CCN(CC)C(=O)N(CC(C)C)C1CCCC1. The van der Waals surface area contributed by atoms with Crippen molar-refractivity contribution in [2.45, 2.75) is 59.4 Å². The molecule has 0 heterocycles. The first-order valence-electron chi connectivity index (χ1n) is 7.15. The summed E-state index contributed by atoms with van der Waals surface area (Å²) in [4.78, 5) is 16.6. The molecule has 1 fully saturated rings. The fraction of sp³-hybridized carbons (Fsp3) is 0.929. The molecule has 1 aliphatic rings. The Morgan fingerprint density at radius 1 is 1.18 bits per heavy atom. The number of rotatable bonds is 5. The Hall–Kier alpha value is -0.730. The van der Waals surface area contributed by atoms with Crippen LogP contribution in [-0.4, -0.2) is 41.5 Å². The summed E-state index contributed by atoms with van der Waals surface area (Å²) in [5, 5.41) is 0. The van der Waals surface area contributed by atoms with Crippen LogP contribution in [0.5, 0.6) is 0 Å². The topological polar surface area (TPSA) is 23.6 Å². The van der Waals surface area contributed by atoms with E-state index in [1.165, 1.54) is 25.7 Å². The van der Waals surface area contributed by atoms with E-state index in [4.69, 9.17) is 0 Å². The second-order valence-corrected chi connectivity index (χ2v) is 5.44. The number of hydrogen-bond donors (Lipinski definition) is 0. The van der Waals surface area contributed by atoms with Gasteiger partial charge in [-0.05, 0) is 32.6 Å². The molecule has 1 saturated carbocycles. The molecule has 0 aromatic heterocycles. The summed E-state index contributed by atoms with van der Waals surface area (Å²) >= 11 is 0. The van der Waals surface area contributed by atoms with Crippen molar-refractivity contribution in [2.75, 3.05) is 19.6 Å². The standard InChI is InChI=1S/C14H28N2O/c1-5-15(6-2)14(17)16(11-12(3)4)13-9-7-8-10-13/h12-13H,5-11H2,1-4H3. The molecule has 2 amide bonds. The van der Waals surface area contributed by atoms with E-state index in [9.17, 15) is 4.79 Å². The second-order valence-electron chi connectivity index (χ2n) is 5.44. The van der Waals surface area contributed by atoms with Gasteiger partial charge in [0.15, 0.2) is 0 Å². The van der Waals surface area contributed by atoms with Gasteiger partial charge in [-0.25, -0.2) is 4.79 Å². The number of amides is 2. The van der Waals surface area contributed by atoms with E-state index >= 15 is 0 Å². The highest BCUT2D eigenvalue weighted by molar-refractivity contribution is 5.74. The molecule has 0 spiro atoms. The molecule has 0 bridgehead atoms. The highest BCUT2D eigenvalue weighted by Gasteiger charge is 2.29. The van der Waals surface area contributed by atoms with Crippen molar-refractivity contribution >= 4 is 6.03 Å². The third kappa shape index (κ3) is 3.90. The normalized spacial score (nSPS) is 16.5. The highest BCUT2D eigenvalue weighted by Crippen LogP contribution is 2.25. The average Bonchev–Trinajstić information content (AvgIpc) is 2.80. The van der Waals surface area contributed by atoms with Crippen molar-refractivity contribution in [3.05, 3.63) is 0 Å². The van der Waals surface area contributed by atoms with Crippen LogP contribution >= 0.6 is 0 Å². The fourth-order valence-corrected chi connectivity index (χ4v) is 2.67. The number of urea groups is 1. The van der Waals surface area contributed by atoms with Crippen LogP contribution in [0.3, 0.4) is 0 Å². The smallest absolute Gasteiger partial charge is 0.320 e. The minimum absolute atomic E-state index is 0.246. The second kappa shape index (κ2) is 6.87. The Balaban J connectivity index is 2.70. The lowest BCUT2D eigenvalue weighted by molar-refractivity contribution is 0.130. The molecule has 0 N–H and O–H groups in total. The maximum Gasteiger partial charge on any atom is 0.320 e. The van der Waals surface area contributed by atoms with Gasteiger partial charge in [-0.3, -0.25) is 0 Å². The van der Waals surface area contributed by atoms with Crippen molar-refractivity contribution in [2.24, 2.45) is 5.92 Å². The molecule has 1 aliphatic carbocycles. The first-order valence-corrected chi connectivity index (χ1v) is 7.15. The molecule has 0 atom stereocenters. The van der Waals surface area contributed by atoms with Crippen LogP contribution in [-0.2, 0) is 0 Å². The summed E-state index contributed by atoms with van der Waals surface area (Å²) < 4.78 is 0. The van der Waals surface area contributed by atoms with Crippen molar-refractivity contribution in [3.63, 3.8) is 0 Å². The monoisotopic (exact) mass is 240 g/mol. The Bertz CT molecular complexity index is 230. The van der Waals surface area contributed by atoms with Crippen LogP contribution in [0.4, 0.5) is 4.79 Å². The molecular formula is C14H28N2O. The largest absolute Gasteiger partial charge is 0.325 e. The molecule has 0 aromatic rings. The minimum Gasteiger partial charge on any atom is -0.325 e. The van der Waals surface area contributed by atoms with Crippen LogP contribution in [0.2, 0.25) is 0 Å². The highest BCUT2D eigenvalue weighted by atomic mass is 16.2.